The van der Waals surface area contributed by atoms with E-state index < -0.39 is 0 Å². The first-order valence-corrected chi connectivity index (χ1v) is 6.55. The zero-order valence-corrected chi connectivity index (χ0v) is 12.3. The Labute approximate surface area is 116 Å². The Bertz CT molecular complexity index is 384. The molecule has 0 bridgehead atoms. The predicted molar refractivity (Wildman–Crippen MR) is 73.8 cm³/mol. The molecule has 0 aliphatic rings. The van der Waals surface area contributed by atoms with Crippen LogP contribution < -0.4 is 4.74 Å². The van der Waals surface area contributed by atoms with Crippen LogP contribution in [0, 0.1) is 0 Å². The summed E-state index contributed by atoms with van der Waals surface area (Å²) in [6.45, 7) is 2.03. The second-order valence-corrected chi connectivity index (χ2v) is 4.85. The molecule has 0 unspecified atom stereocenters. The van der Waals surface area contributed by atoms with Crippen molar-refractivity contribution in [1.29, 1.82) is 0 Å². The van der Waals surface area contributed by atoms with Gasteiger partial charge in [-0.1, -0.05) is 22.0 Å². The van der Waals surface area contributed by atoms with Crippen molar-refractivity contribution in [3.05, 3.63) is 28.7 Å². The van der Waals surface area contributed by atoms with Crippen molar-refractivity contribution < 1.29 is 14.3 Å². The minimum Gasteiger partial charge on any atom is -0.492 e. The molecule has 0 aliphatic carbocycles. The van der Waals surface area contributed by atoms with Gasteiger partial charge in [0.25, 0.3) is 0 Å². The van der Waals surface area contributed by atoms with Crippen molar-refractivity contribution in [3.63, 3.8) is 0 Å². The highest BCUT2D eigenvalue weighted by Gasteiger charge is 2.04. The fourth-order valence-corrected chi connectivity index (χ4v) is 1.75. The average Bonchev–Trinajstić information content (AvgIpc) is 2.36. The van der Waals surface area contributed by atoms with Crippen LogP contribution in [0.2, 0.25) is 0 Å². The number of methoxy groups -OCH3 is 1. The van der Waals surface area contributed by atoms with Crippen LogP contribution in [0.4, 0.5) is 0 Å². The molecule has 1 aromatic carbocycles. The molecule has 0 aliphatic heterocycles. The lowest BCUT2D eigenvalue weighted by molar-refractivity contribution is -0.140. The van der Waals surface area contributed by atoms with Crippen LogP contribution in [0.15, 0.2) is 28.7 Å². The Hall–Kier alpha value is -1.07. The highest BCUT2D eigenvalue weighted by Crippen LogP contribution is 2.17. The van der Waals surface area contributed by atoms with Crippen LogP contribution in [0.25, 0.3) is 0 Å². The molecule has 0 saturated carbocycles. The molecule has 0 N–H and O–H groups in total. The maximum absolute atomic E-state index is 11.0. The van der Waals surface area contributed by atoms with Gasteiger partial charge in [-0.3, -0.25) is 4.79 Å². The fraction of sp³-hybridized carbons (Fsp3) is 0.462. The van der Waals surface area contributed by atoms with E-state index in [-0.39, 0.29) is 5.97 Å². The quantitative estimate of drug-likeness (QED) is 0.724. The Morgan fingerprint density at radius 3 is 2.83 bits per heavy atom. The third-order valence-electron chi connectivity index (χ3n) is 2.46. The van der Waals surface area contributed by atoms with Crippen LogP contribution in [-0.2, 0) is 9.53 Å². The lowest BCUT2D eigenvalue weighted by atomic mass is 10.3. The van der Waals surface area contributed by atoms with Crippen molar-refractivity contribution in [1.82, 2.24) is 4.90 Å². The first kappa shape index (κ1) is 15.0. The van der Waals surface area contributed by atoms with Crippen LogP contribution in [0.5, 0.6) is 5.75 Å². The fourth-order valence-electron chi connectivity index (χ4n) is 1.37. The van der Waals surface area contributed by atoms with Gasteiger partial charge in [-0.2, -0.15) is 0 Å². The standard InChI is InChI=1S/C13H18BrNO3/c1-15(7-6-13(16)17-2)8-9-18-12-5-3-4-11(14)10-12/h3-5,10H,6-9H2,1-2H3. The number of ether oxygens (including phenoxy) is 2. The van der Waals surface area contributed by atoms with Gasteiger partial charge in [0.15, 0.2) is 0 Å². The second kappa shape index (κ2) is 8.11. The normalized spacial score (nSPS) is 10.4. The maximum Gasteiger partial charge on any atom is 0.306 e. The van der Waals surface area contributed by atoms with E-state index >= 15 is 0 Å². The van der Waals surface area contributed by atoms with Gasteiger partial charge in [0, 0.05) is 17.6 Å². The molecule has 0 heterocycles. The summed E-state index contributed by atoms with van der Waals surface area (Å²) in [5, 5.41) is 0. The summed E-state index contributed by atoms with van der Waals surface area (Å²) in [6, 6.07) is 7.73. The number of hydrogen-bond acceptors (Lipinski definition) is 4. The van der Waals surface area contributed by atoms with Crippen molar-refractivity contribution in [2.75, 3.05) is 33.9 Å². The highest BCUT2D eigenvalue weighted by atomic mass is 79.9. The summed E-state index contributed by atoms with van der Waals surface area (Å²) in [6.07, 6.45) is 0.407. The van der Waals surface area contributed by atoms with Gasteiger partial charge < -0.3 is 14.4 Å². The van der Waals surface area contributed by atoms with Crippen LogP contribution in [0.3, 0.4) is 0 Å². The molecule has 5 heteroatoms. The molecule has 0 atom stereocenters. The van der Waals surface area contributed by atoms with E-state index in [0.29, 0.717) is 19.6 Å². The lowest BCUT2D eigenvalue weighted by Crippen LogP contribution is -2.27. The minimum atomic E-state index is -0.185. The van der Waals surface area contributed by atoms with Gasteiger partial charge in [0.05, 0.1) is 13.5 Å². The number of halogens is 1. The third kappa shape index (κ3) is 6.02. The molecule has 1 aromatic rings. The van der Waals surface area contributed by atoms with Gasteiger partial charge in [-0.15, -0.1) is 0 Å². The summed E-state index contributed by atoms with van der Waals surface area (Å²) < 4.78 is 11.2. The smallest absolute Gasteiger partial charge is 0.306 e. The van der Waals surface area contributed by atoms with E-state index in [4.69, 9.17) is 4.74 Å². The number of benzene rings is 1. The Morgan fingerprint density at radius 1 is 1.39 bits per heavy atom. The predicted octanol–water partition coefficient (Wildman–Crippen LogP) is 2.32. The summed E-state index contributed by atoms with van der Waals surface area (Å²) in [5.74, 6) is 0.653. The van der Waals surface area contributed by atoms with Gasteiger partial charge in [-0.05, 0) is 25.2 Å². The van der Waals surface area contributed by atoms with E-state index in [1.165, 1.54) is 7.11 Å². The number of likely N-dealkylation sites (N-methyl/N-ethyl adjacent to an activating group) is 1. The van der Waals surface area contributed by atoms with E-state index in [1.54, 1.807) is 0 Å². The molecule has 0 amide bonds. The molecule has 18 heavy (non-hydrogen) atoms. The SMILES string of the molecule is COC(=O)CCN(C)CCOc1cccc(Br)c1. The highest BCUT2D eigenvalue weighted by molar-refractivity contribution is 9.10. The molecule has 0 radical (unpaired) electrons. The first-order valence-electron chi connectivity index (χ1n) is 5.75. The largest absolute Gasteiger partial charge is 0.492 e. The number of hydrogen-bond donors (Lipinski definition) is 0. The third-order valence-corrected chi connectivity index (χ3v) is 2.96. The van der Waals surface area contributed by atoms with E-state index in [2.05, 4.69) is 20.7 Å². The number of esters is 1. The summed E-state index contributed by atoms with van der Waals surface area (Å²) in [7, 11) is 3.35. The topological polar surface area (TPSA) is 38.8 Å². The van der Waals surface area contributed by atoms with Gasteiger partial charge in [0.1, 0.15) is 12.4 Å². The van der Waals surface area contributed by atoms with Crippen molar-refractivity contribution in [2.45, 2.75) is 6.42 Å². The Kier molecular flexibility index (Phi) is 6.75. The van der Waals surface area contributed by atoms with Crippen LogP contribution in [0.1, 0.15) is 6.42 Å². The molecule has 0 saturated heterocycles. The van der Waals surface area contributed by atoms with Gasteiger partial charge in [-0.25, -0.2) is 0 Å². The number of nitrogens with zero attached hydrogens (tertiary/aromatic N) is 1. The zero-order chi connectivity index (χ0) is 13.4. The van der Waals surface area contributed by atoms with E-state index in [1.807, 2.05) is 36.2 Å². The molecule has 100 valence electrons. The van der Waals surface area contributed by atoms with Crippen molar-refractivity contribution in [2.24, 2.45) is 0 Å². The molecule has 0 aromatic heterocycles. The molecule has 0 spiro atoms. The van der Waals surface area contributed by atoms with Crippen LogP contribution >= 0.6 is 15.9 Å². The molecular formula is C13H18BrNO3. The maximum atomic E-state index is 11.0. The van der Waals surface area contributed by atoms with Gasteiger partial charge in [0.2, 0.25) is 0 Å². The van der Waals surface area contributed by atoms with Gasteiger partial charge >= 0.3 is 5.97 Å². The zero-order valence-electron chi connectivity index (χ0n) is 10.7. The number of carbonyl (C=O) groups excluding carboxylic acids is 1. The van der Waals surface area contributed by atoms with Crippen LogP contribution in [-0.4, -0.2) is 44.7 Å². The second-order valence-electron chi connectivity index (χ2n) is 3.94. The summed E-state index contributed by atoms with van der Waals surface area (Å²) >= 11 is 3.39. The number of rotatable bonds is 7. The first-order chi connectivity index (χ1) is 8.61. The molecule has 0 fully saturated rings. The Morgan fingerprint density at radius 2 is 2.17 bits per heavy atom. The lowest BCUT2D eigenvalue weighted by Gasteiger charge is -2.16. The van der Waals surface area contributed by atoms with E-state index in [9.17, 15) is 4.79 Å². The Balaban J connectivity index is 2.19. The molecular weight excluding hydrogens is 298 g/mol. The molecule has 1 rings (SSSR count). The summed E-state index contributed by atoms with van der Waals surface area (Å²) in [5.41, 5.74) is 0. The monoisotopic (exact) mass is 315 g/mol. The van der Waals surface area contributed by atoms with E-state index in [0.717, 1.165) is 16.8 Å². The molecule has 4 nitrogen and oxygen atoms in total. The number of carbonyl (C=O) groups is 1. The summed E-state index contributed by atoms with van der Waals surface area (Å²) in [4.78, 5) is 13.0. The van der Waals surface area contributed by atoms with Crippen molar-refractivity contribution >= 4 is 21.9 Å². The average molecular weight is 316 g/mol. The minimum absolute atomic E-state index is 0.185. The van der Waals surface area contributed by atoms with Crippen molar-refractivity contribution in [3.8, 4) is 5.75 Å².